The first-order chi connectivity index (χ1) is 15.9. The summed E-state index contributed by atoms with van der Waals surface area (Å²) in [5, 5.41) is 20.9. The van der Waals surface area contributed by atoms with Gasteiger partial charge in [-0.25, -0.2) is 9.37 Å². The number of fused-ring (bicyclic) bond motifs is 1. The van der Waals surface area contributed by atoms with Crippen molar-refractivity contribution in [2.45, 2.75) is 18.0 Å². The van der Waals surface area contributed by atoms with E-state index in [1.165, 1.54) is 28.5 Å². The standard InChI is InChI=1S/C18H17FN6O5S3/c19-1-3-30-23-11(10-7-33-18(20)21-10)14(26)22-12-15(27)25-13(17(28)29)9(6-32-16(12)25)5-24-2-4-31-8-24/h2,4,7-8,12,16H,1,3,5-6H2,(H3-,20,21,22,26,28,29)/b23-11-/t12-,16-/m1/s1. The number of alkyl halides is 1. The Morgan fingerprint density at radius 3 is 2.94 bits per heavy atom. The molecule has 2 atom stereocenters. The van der Waals surface area contributed by atoms with Gasteiger partial charge in [-0.2, -0.15) is 4.57 Å². The Morgan fingerprint density at radius 2 is 2.30 bits per heavy atom. The van der Waals surface area contributed by atoms with Gasteiger partial charge in [-0.05, 0) is 0 Å². The van der Waals surface area contributed by atoms with Crippen LogP contribution in [0.3, 0.4) is 0 Å². The molecule has 2 aromatic rings. The van der Waals surface area contributed by atoms with Gasteiger partial charge in [0.15, 0.2) is 23.6 Å². The highest BCUT2D eigenvalue weighted by Crippen LogP contribution is 2.40. The summed E-state index contributed by atoms with van der Waals surface area (Å²) >= 11 is 3.86. The number of nitrogens with zero attached hydrogens (tertiary/aromatic N) is 4. The molecule has 1 saturated heterocycles. The number of hydrogen-bond acceptors (Lipinski definition) is 11. The average molecular weight is 513 g/mol. The van der Waals surface area contributed by atoms with Gasteiger partial charge in [-0.3, -0.25) is 14.5 Å². The zero-order chi connectivity index (χ0) is 23.5. The number of hydrogen-bond donors (Lipinski definition) is 2. The molecule has 0 aliphatic carbocycles. The van der Waals surface area contributed by atoms with E-state index in [2.05, 4.69) is 15.5 Å². The maximum Gasteiger partial charge on any atom is 0.276 e. The molecule has 0 radical (unpaired) electrons. The molecule has 0 unspecified atom stereocenters. The van der Waals surface area contributed by atoms with Crippen LogP contribution < -0.4 is 20.7 Å². The van der Waals surface area contributed by atoms with Crippen LogP contribution in [0.5, 0.6) is 0 Å². The number of anilines is 1. The van der Waals surface area contributed by atoms with Gasteiger partial charge in [0, 0.05) is 16.7 Å². The molecule has 2 amide bonds. The Morgan fingerprint density at radius 1 is 1.48 bits per heavy atom. The number of aliphatic carboxylic acids is 1. The monoisotopic (exact) mass is 512 g/mol. The molecule has 174 valence electrons. The molecule has 2 aromatic heterocycles. The van der Waals surface area contributed by atoms with Crippen molar-refractivity contribution in [1.82, 2.24) is 15.2 Å². The third kappa shape index (κ3) is 4.69. The number of carboxylic acid groups (broad SMARTS) is 1. The number of halogens is 1. The highest BCUT2D eigenvalue weighted by Gasteiger charge is 2.53. The second kappa shape index (κ2) is 9.84. The van der Waals surface area contributed by atoms with Crippen molar-refractivity contribution < 1.29 is 33.3 Å². The number of β-lactam (4-membered cyclic amide) rings is 1. The normalized spacial score (nSPS) is 20.3. The quantitative estimate of drug-likeness (QED) is 0.141. The van der Waals surface area contributed by atoms with Crippen LogP contribution in [-0.4, -0.2) is 63.8 Å². The summed E-state index contributed by atoms with van der Waals surface area (Å²) in [5.74, 6) is -2.48. The Hall–Kier alpha value is -3.04. The van der Waals surface area contributed by atoms with Crippen LogP contribution in [0.15, 0.2) is 38.9 Å². The maximum absolute atomic E-state index is 12.8. The Balaban J connectivity index is 1.52. The molecule has 11 nitrogen and oxygen atoms in total. The first kappa shape index (κ1) is 23.1. The van der Waals surface area contributed by atoms with E-state index in [1.54, 1.807) is 6.20 Å². The number of carbonyl (C=O) groups is 3. The molecule has 2 aliphatic rings. The number of carbonyl (C=O) groups excluding carboxylic acids is 3. The third-order valence-electron chi connectivity index (χ3n) is 4.73. The Kier molecular flexibility index (Phi) is 6.90. The number of nitrogen functional groups attached to an aromatic ring is 1. The largest absolute Gasteiger partial charge is 0.543 e. The van der Waals surface area contributed by atoms with Crippen molar-refractivity contribution in [1.29, 1.82) is 0 Å². The van der Waals surface area contributed by atoms with Gasteiger partial charge >= 0.3 is 0 Å². The predicted molar refractivity (Wildman–Crippen MR) is 117 cm³/mol. The maximum atomic E-state index is 12.8. The fraction of sp³-hybridized carbons (Fsp3) is 0.333. The van der Waals surface area contributed by atoms with Gasteiger partial charge in [0.2, 0.25) is 5.51 Å². The van der Waals surface area contributed by atoms with Gasteiger partial charge in [0.1, 0.15) is 30.4 Å². The fourth-order valence-electron chi connectivity index (χ4n) is 3.32. The molecule has 4 rings (SSSR count). The summed E-state index contributed by atoms with van der Waals surface area (Å²) in [5.41, 5.74) is 7.64. The van der Waals surface area contributed by atoms with Crippen LogP contribution in [0, 0.1) is 0 Å². The zero-order valence-electron chi connectivity index (χ0n) is 16.8. The lowest BCUT2D eigenvalue weighted by Crippen LogP contribution is -2.71. The Labute approximate surface area is 198 Å². The van der Waals surface area contributed by atoms with Gasteiger partial charge in [-0.1, -0.05) is 16.5 Å². The van der Waals surface area contributed by atoms with E-state index in [1.807, 2.05) is 15.5 Å². The first-order valence-corrected chi connectivity index (χ1v) is 12.3. The van der Waals surface area contributed by atoms with Gasteiger partial charge in [0.25, 0.3) is 11.8 Å². The molecular formula is C18H17FN6O5S3. The minimum absolute atomic E-state index is 0.110. The highest BCUT2D eigenvalue weighted by atomic mass is 32.2. The van der Waals surface area contributed by atoms with Crippen LogP contribution in [0.2, 0.25) is 0 Å². The van der Waals surface area contributed by atoms with Crippen molar-refractivity contribution >= 4 is 63.1 Å². The number of thiazole rings is 2. The van der Waals surface area contributed by atoms with Gasteiger partial charge in [0.05, 0.1) is 17.0 Å². The lowest BCUT2D eigenvalue weighted by Gasteiger charge is -2.50. The number of nitrogens with two attached hydrogens (primary N) is 1. The number of amides is 2. The second-order valence-corrected chi connectivity index (χ2v) is 9.58. The van der Waals surface area contributed by atoms with Crippen molar-refractivity contribution in [2.24, 2.45) is 5.16 Å². The number of nitrogens with one attached hydrogen (secondary N) is 1. The van der Waals surface area contributed by atoms with E-state index >= 15 is 0 Å². The van der Waals surface area contributed by atoms with E-state index in [4.69, 9.17) is 10.6 Å². The fourth-order valence-corrected chi connectivity index (χ4v) is 5.80. The lowest BCUT2D eigenvalue weighted by molar-refractivity contribution is -0.684. The summed E-state index contributed by atoms with van der Waals surface area (Å²) < 4.78 is 14.2. The van der Waals surface area contributed by atoms with Gasteiger partial charge in [-0.15, -0.1) is 23.1 Å². The lowest BCUT2D eigenvalue weighted by atomic mass is 10.0. The number of thioether (sulfide) groups is 1. The first-order valence-electron chi connectivity index (χ1n) is 9.48. The molecular weight excluding hydrogens is 495 g/mol. The van der Waals surface area contributed by atoms with E-state index in [-0.39, 0.29) is 28.8 Å². The molecule has 4 heterocycles. The molecule has 2 aliphatic heterocycles. The van der Waals surface area contributed by atoms with Crippen molar-refractivity contribution in [3.05, 3.63) is 39.4 Å². The molecule has 0 spiro atoms. The molecule has 1 fully saturated rings. The smallest absolute Gasteiger partial charge is 0.276 e. The van der Waals surface area contributed by atoms with Crippen LogP contribution in [0.1, 0.15) is 5.69 Å². The zero-order valence-corrected chi connectivity index (χ0v) is 19.3. The molecule has 0 aromatic carbocycles. The van der Waals surface area contributed by atoms with Gasteiger partial charge < -0.3 is 25.8 Å². The van der Waals surface area contributed by atoms with E-state index in [0.717, 1.165) is 16.2 Å². The summed E-state index contributed by atoms with van der Waals surface area (Å²) in [7, 11) is 0. The number of carboxylic acids is 1. The van der Waals surface area contributed by atoms with E-state index in [9.17, 15) is 23.9 Å². The molecule has 0 bridgehead atoms. The minimum Gasteiger partial charge on any atom is -0.543 e. The molecule has 33 heavy (non-hydrogen) atoms. The summed E-state index contributed by atoms with van der Waals surface area (Å²) in [6, 6.07) is -0.991. The number of oxime groups is 1. The Bertz CT molecular complexity index is 1130. The van der Waals surface area contributed by atoms with E-state index in [0.29, 0.717) is 17.9 Å². The van der Waals surface area contributed by atoms with Crippen LogP contribution >= 0.6 is 34.4 Å². The third-order valence-corrected chi connectivity index (χ3v) is 7.42. The molecule has 15 heteroatoms. The predicted octanol–water partition coefficient (Wildman–Crippen LogP) is -1.13. The van der Waals surface area contributed by atoms with Crippen molar-refractivity contribution in [3.63, 3.8) is 0 Å². The van der Waals surface area contributed by atoms with Crippen LogP contribution in [0.4, 0.5) is 9.52 Å². The topological polar surface area (TPSA) is 154 Å². The highest BCUT2D eigenvalue weighted by molar-refractivity contribution is 8.00. The molecule has 0 saturated carbocycles. The number of aromatic nitrogens is 2. The summed E-state index contributed by atoms with van der Waals surface area (Å²) in [4.78, 5) is 47.4. The SMILES string of the molecule is Nc1nc(/C(=N/OCCF)C(=O)N[C@@H]2C(=O)N3C(C(=O)[O-])=C(C[n+]4ccsc4)CS[C@H]23)cs1. The van der Waals surface area contributed by atoms with E-state index < -0.39 is 35.9 Å². The van der Waals surface area contributed by atoms with Crippen molar-refractivity contribution in [3.8, 4) is 0 Å². The van der Waals surface area contributed by atoms with Crippen molar-refractivity contribution in [2.75, 3.05) is 24.8 Å². The van der Waals surface area contributed by atoms with Crippen LogP contribution in [-0.2, 0) is 25.8 Å². The molecule has 3 N–H and O–H groups in total. The summed E-state index contributed by atoms with van der Waals surface area (Å²) in [6.45, 7) is -0.867. The minimum atomic E-state index is -1.45. The second-order valence-electron chi connectivity index (χ2n) is 6.83. The van der Waals surface area contributed by atoms with Crippen LogP contribution in [0.25, 0.3) is 0 Å². The summed E-state index contributed by atoms with van der Waals surface area (Å²) in [6.07, 6.45) is 1.80. The average Bonchev–Trinajstić information content (AvgIpc) is 3.46. The number of rotatable bonds is 9.